The van der Waals surface area contributed by atoms with Gasteiger partial charge in [0.1, 0.15) is 0 Å². The van der Waals surface area contributed by atoms with Gasteiger partial charge in [-0.25, -0.2) is 0 Å². The molecule has 23 heavy (non-hydrogen) atoms. The van der Waals surface area contributed by atoms with Gasteiger partial charge in [0.15, 0.2) is 0 Å². The molecule has 1 saturated carbocycles. The molecule has 0 bridgehead atoms. The van der Waals surface area contributed by atoms with Crippen LogP contribution in [-0.4, -0.2) is 43.2 Å². The van der Waals surface area contributed by atoms with Crippen molar-refractivity contribution in [1.29, 1.82) is 0 Å². The zero-order chi connectivity index (χ0) is 15.6. The fourth-order valence-electron chi connectivity index (χ4n) is 3.99. The van der Waals surface area contributed by atoms with E-state index < -0.39 is 0 Å². The van der Waals surface area contributed by atoms with Crippen LogP contribution in [0.25, 0.3) is 0 Å². The molecule has 2 saturated heterocycles. The summed E-state index contributed by atoms with van der Waals surface area (Å²) in [6.07, 6.45) is 3.54. The van der Waals surface area contributed by atoms with Gasteiger partial charge in [-0.2, -0.15) is 0 Å². The molecule has 3 fully saturated rings. The molecule has 0 spiro atoms. The molecule has 4 rings (SSSR count). The lowest BCUT2D eigenvalue weighted by Crippen LogP contribution is -2.45. The summed E-state index contributed by atoms with van der Waals surface area (Å²) in [5.41, 5.74) is 1.38. The van der Waals surface area contributed by atoms with Gasteiger partial charge in [-0.15, -0.1) is 0 Å². The number of carbonyl (C=O) groups excluding carboxylic acids is 1. The van der Waals surface area contributed by atoms with Crippen molar-refractivity contribution in [3.8, 4) is 0 Å². The maximum atomic E-state index is 11.9. The highest BCUT2D eigenvalue weighted by Gasteiger charge is 2.41. The topological polar surface area (TPSA) is 41.6 Å². The quantitative estimate of drug-likeness (QED) is 0.904. The van der Waals surface area contributed by atoms with E-state index in [1.165, 1.54) is 12.0 Å². The first-order valence-electron chi connectivity index (χ1n) is 8.95. The first-order chi connectivity index (χ1) is 11.3. The molecule has 124 valence electrons. The van der Waals surface area contributed by atoms with Crippen LogP contribution in [0.3, 0.4) is 0 Å². The van der Waals surface area contributed by atoms with E-state index in [0.29, 0.717) is 18.4 Å². The SMILES string of the molecule is O=C(NC[C@@H]1OC[C@@H]2CCN(Cc3ccccc3)C[C@H]21)C1CC1. The second kappa shape index (κ2) is 6.62. The highest BCUT2D eigenvalue weighted by molar-refractivity contribution is 5.80. The number of rotatable bonds is 5. The molecular weight excluding hydrogens is 288 g/mol. The largest absolute Gasteiger partial charge is 0.376 e. The van der Waals surface area contributed by atoms with Crippen molar-refractivity contribution >= 4 is 5.91 Å². The number of nitrogens with one attached hydrogen (secondary N) is 1. The molecule has 0 radical (unpaired) electrons. The molecule has 0 aromatic heterocycles. The average molecular weight is 314 g/mol. The molecule has 4 nitrogen and oxygen atoms in total. The van der Waals surface area contributed by atoms with Crippen molar-refractivity contribution in [3.63, 3.8) is 0 Å². The Kier molecular flexibility index (Phi) is 4.36. The van der Waals surface area contributed by atoms with Gasteiger partial charge < -0.3 is 10.1 Å². The summed E-state index contributed by atoms with van der Waals surface area (Å²) in [5.74, 6) is 1.75. The minimum absolute atomic E-state index is 0.196. The Bertz CT molecular complexity index is 544. The monoisotopic (exact) mass is 314 g/mol. The summed E-state index contributed by atoms with van der Waals surface area (Å²) < 4.78 is 6.01. The molecular formula is C19H26N2O2. The van der Waals surface area contributed by atoms with Gasteiger partial charge in [0, 0.05) is 31.5 Å². The van der Waals surface area contributed by atoms with E-state index in [4.69, 9.17) is 4.74 Å². The summed E-state index contributed by atoms with van der Waals surface area (Å²) in [7, 11) is 0. The van der Waals surface area contributed by atoms with Crippen molar-refractivity contribution in [2.24, 2.45) is 17.8 Å². The lowest BCUT2D eigenvalue weighted by atomic mass is 9.84. The van der Waals surface area contributed by atoms with E-state index in [0.717, 1.165) is 39.1 Å². The second-order valence-corrected chi connectivity index (χ2v) is 7.32. The van der Waals surface area contributed by atoms with Crippen LogP contribution in [0.1, 0.15) is 24.8 Å². The van der Waals surface area contributed by atoms with Gasteiger partial charge in [0.05, 0.1) is 12.7 Å². The fraction of sp³-hybridized carbons (Fsp3) is 0.632. The third-order valence-corrected chi connectivity index (χ3v) is 5.57. The second-order valence-electron chi connectivity index (χ2n) is 7.32. The molecule has 3 aliphatic rings. The van der Waals surface area contributed by atoms with Crippen LogP contribution in [0.15, 0.2) is 30.3 Å². The Morgan fingerprint density at radius 3 is 2.83 bits per heavy atom. The standard InChI is InChI=1S/C19H26N2O2/c22-19(15-6-7-15)20-10-18-17-12-21(9-8-16(17)13-23-18)11-14-4-2-1-3-5-14/h1-5,15-18H,6-13H2,(H,20,22)/t16-,17+,18-/m0/s1. The molecule has 2 heterocycles. The Morgan fingerprint density at radius 1 is 1.22 bits per heavy atom. The number of likely N-dealkylation sites (tertiary alicyclic amines) is 1. The Hall–Kier alpha value is -1.39. The molecule has 1 aliphatic carbocycles. The van der Waals surface area contributed by atoms with Crippen LogP contribution < -0.4 is 5.32 Å². The van der Waals surface area contributed by atoms with Crippen molar-refractivity contribution in [1.82, 2.24) is 10.2 Å². The van der Waals surface area contributed by atoms with Crippen LogP contribution in [0, 0.1) is 17.8 Å². The Balaban J connectivity index is 1.32. The van der Waals surface area contributed by atoms with Gasteiger partial charge in [0.25, 0.3) is 0 Å². The number of nitrogens with zero attached hydrogens (tertiary/aromatic N) is 1. The van der Waals surface area contributed by atoms with Crippen molar-refractivity contribution in [3.05, 3.63) is 35.9 Å². The minimum Gasteiger partial charge on any atom is -0.376 e. The summed E-state index contributed by atoms with van der Waals surface area (Å²) in [4.78, 5) is 14.4. The molecule has 4 heteroatoms. The predicted molar refractivity (Wildman–Crippen MR) is 88.8 cm³/mol. The zero-order valence-corrected chi connectivity index (χ0v) is 13.6. The van der Waals surface area contributed by atoms with E-state index in [2.05, 4.69) is 40.5 Å². The maximum Gasteiger partial charge on any atom is 0.223 e. The van der Waals surface area contributed by atoms with E-state index in [-0.39, 0.29) is 17.9 Å². The summed E-state index contributed by atoms with van der Waals surface area (Å²) in [6, 6.07) is 10.7. The van der Waals surface area contributed by atoms with Crippen molar-refractivity contribution in [2.45, 2.75) is 31.9 Å². The molecule has 3 atom stereocenters. The third-order valence-electron chi connectivity index (χ3n) is 5.57. The van der Waals surface area contributed by atoms with E-state index >= 15 is 0 Å². The molecule has 2 aliphatic heterocycles. The van der Waals surface area contributed by atoms with Gasteiger partial charge in [-0.05, 0) is 37.3 Å². The fourth-order valence-corrected chi connectivity index (χ4v) is 3.99. The van der Waals surface area contributed by atoms with Crippen LogP contribution in [0.4, 0.5) is 0 Å². The van der Waals surface area contributed by atoms with Crippen LogP contribution in [0.2, 0.25) is 0 Å². The normalized spacial score (nSPS) is 30.9. The zero-order valence-electron chi connectivity index (χ0n) is 13.6. The van der Waals surface area contributed by atoms with Crippen LogP contribution in [-0.2, 0) is 16.1 Å². The first kappa shape index (κ1) is 15.2. The molecule has 1 N–H and O–H groups in total. The Labute approximate surface area is 138 Å². The van der Waals surface area contributed by atoms with Gasteiger partial charge in [0.2, 0.25) is 5.91 Å². The van der Waals surface area contributed by atoms with Gasteiger partial charge in [-0.3, -0.25) is 9.69 Å². The number of ether oxygens (including phenoxy) is 1. The number of fused-ring (bicyclic) bond motifs is 1. The minimum atomic E-state index is 0.196. The Morgan fingerprint density at radius 2 is 2.04 bits per heavy atom. The average Bonchev–Trinajstić information content (AvgIpc) is 3.35. The number of hydrogen-bond acceptors (Lipinski definition) is 3. The van der Waals surface area contributed by atoms with E-state index in [9.17, 15) is 4.79 Å². The lowest BCUT2D eigenvalue weighted by Gasteiger charge is -2.36. The molecule has 0 unspecified atom stereocenters. The number of benzene rings is 1. The van der Waals surface area contributed by atoms with Crippen LogP contribution >= 0.6 is 0 Å². The lowest BCUT2D eigenvalue weighted by molar-refractivity contribution is -0.122. The predicted octanol–water partition coefficient (Wildman–Crippen LogP) is 2.05. The number of carbonyl (C=O) groups is 1. The maximum absolute atomic E-state index is 11.9. The highest BCUT2D eigenvalue weighted by atomic mass is 16.5. The summed E-state index contributed by atoms with van der Waals surface area (Å²) in [6.45, 7) is 4.82. The molecule has 1 aromatic carbocycles. The number of hydrogen-bond donors (Lipinski definition) is 1. The molecule has 1 amide bonds. The highest BCUT2D eigenvalue weighted by Crippen LogP contribution is 2.35. The molecule has 1 aromatic rings. The van der Waals surface area contributed by atoms with Crippen molar-refractivity contribution < 1.29 is 9.53 Å². The van der Waals surface area contributed by atoms with E-state index in [1.54, 1.807) is 0 Å². The van der Waals surface area contributed by atoms with Crippen LogP contribution in [0.5, 0.6) is 0 Å². The summed E-state index contributed by atoms with van der Waals surface area (Å²) in [5, 5.41) is 3.10. The van der Waals surface area contributed by atoms with Gasteiger partial charge in [-0.1, -0.05) is 30.3 Å². The van der Waals surface area contributed by atoms with E-state index in [1.807, 2.05) is 0 Å². The number of amides is 1. The summed E-state index contributed by atoms with van der Waals surface area (Å²) >= 11 is 0. The van der Waals surface area contributed by atoms with Gasteiger partial charge >= 0.3 is 0 Å². The number of piperidine rings is 1. The van der Waals surface area contributed by atoms with Crippen molar-refractivity contribution in [2.75, 3.05) is 26.2 Å². The third kappa shape index (κ3) is 3.59. The first-order valence-corrected chi connectivity index (χ1v) is 8.95. The smallest absolute Gasteiger partial charge is 0.223 e.